The molecule has 1 heterocycles. The standard InChI is InChI=1S/C16H13Cl2N3O/c1-10-5-7-11(8-6-10)16-21-20-14(22-16)9-19-15-12(17)3-2-4-13(15)18/h2-8,19H,9H2,1H3. The number of hydrogen-bond acceptors (Lipinski definition) is 4. The van der Waals surface area contributed by atoms with Gasteiger partial charge in [-0.05, 0) is 31.2 Å². The lowest BCUT2D eigenvalue weighted by molar-refractivity contribution is 0.515. The van der Waals surface area contributed by atoms with Gasteiger partial charge in [-0.3, -0.25) is 0 Å². The second-order valence-electron chi connectivity index (χ2n) is 4.82. The fourth-order valence-electron chi connectivity index (χ4n) is 1.97. The summed E-state index contributed by atoms with van der Waals surface area (Å²) in [6.07, 6.45) is 0. The van der Waals surface area contributed by atoms with E-state index in [0.29, 0.717) is 34.1 Å². The molecule has 0 spiro atoms. The molecular formula is C16H13Cl2N3O. The van der Waals surface area contributed by atoms with Gasteiger partial charge in [-0.25, -0.2) is 0 Å². The zero-order valence-electron chi connectivity index (χ0n) is 11.8. The largest absolute Gasteiger partial charge is 0.419 e. The molecule has 0 saturated carbocycles. The molecule has 0 radical (unpaired) electrons. The predicted octanol–water partition coefficient (Wildman–Crippen LogP) is 4.96. The van der Waals surface area contributed by atoms with Crippen LogP contribution in [0.15, 0.2) is 46.9 Å². The highest BCUT2D eigenvalue weighted by Crippen LogP contribution is 2.30. The highest BCUT2D eigenvalue weighted by atomic mass is 35.5. The van der Waals surface area contributed by atoms with E-state index < -0.39 is 0 Å². The van der Waals surface area contributed by atoms with Gasteiger partial charge in [0, 0.05) is 5.56 Å². The molecule has 0 aliphatic carbocycles. The van der Waals surface area contributed by atoms with Gasteiger partial charge in [-0.2, -0.15) is 0 Å². The number of benzene rings is 2. The van der Waals surface area contributed by atoms with Crippen molar-refractivity contribution < 1.29 is 4.42 Å². The first-order valence-electron chi connectivity index (χ1n) is 6.71. The highest BCUT2D eigenvalue weighted by molar-refractivity contribution is 6.39. The molecule has 0 aliphatic rings. The third kappa shape index (κ3) is 3.24. The van der Waals surface area contributed by atoms with Crippen molar-refractivity contribution in [3.05, 3.63) is 64.0 Å². The summed E-state index contributed by atoms with van der Waals surface area (Å²) in [7, 11) is 0. The minimum Gasteiger partial charge on any atom is -0.419 e. The molecule has 6 heteroatoms. The summed E-state index contributed by atoms with van der Waals surface area (Å²) in [5, 5.41) is 12.3. The zero-order chi connectivity index (χ0) is 15.5. The molecule has 0 amide bonds. The molecule has 3 aromatic rings. The maximum absolute atomic E-state index is 6.10. The molecule has 1 aromatic heterocycles. The van der Waals surface area contributed by atoms with Crippen molar-refractivity contribution in [1.82, 2.24) is 10.2 Å². The first-order valence-corrected chi connectivity index (χ1v) is 7.46. The van der Waals surface area contributed by atoms with Crippen LogP contribution in [0.2, 0.25) is 10.0 Å². The van der Waals surface area contributed by atoms with Gasteiger partial charge in [-0.1, -0.05) is 47.0 Å². The van der Waals surface area contributed by atoms with Crippen LogP contribution in [0.1, 0.15) is 11.5 Å². The lowest BCUT2D eigenvalue weighted by atomic mass is 10.1. The average Bonchev–Trinajstić information content (AvgIpc) is 2.96. The summed E-state index contributed by atoms with van der Waals surface area (Å²) in [5.41, 5.74) is 2.72. The second-order valence-corrected chi connectivity index (χ2v) is 5.63. The van der Waals surface area contributed by atoms with Gasteiger partial charge in [0.05, 0.1) is 22.3 Å². The van der Waals surface area contributed by atoms with Crippen molar-refractivity contribution >= 4 is 28.9 Å². The Morgan fingerprint density at radius 2 is 1.68 bits per heavy atom. The summed E-state index contributed by atoms with van der Waals surface area (Å²) in [6, 6.07) is 13.2. The fourth-order valence-corrected chi connectivity index (χ4v) is 2.50. The molecule has 0 unspecified atom stereocenters. The number of rotatable bonds is 4. The second kappa shape index (κ2) is 6.38. The fraction of sp³-hybridized carbons (Fsp3) is 0.125. The molecule has 2 aromatic carbocycles. The van der Waals surface area contributed by atoms with Crippen LogP contribution in [0, 0.1) is 6.92 Å². The number of aromatic nitrogens is 2. The monoisotopic (exact) mass is 333 g/mol. The number of aryl methyl sites for hydroxylation is 1. The Bertz CT molecular complexity index is 764. The van der Waals surface area contributed by atoms with Gasteiger partial charge in [0.2, 0.25) is 11.8 Å². The van der Waals surface area contributed by atoms with E-state index in [1.165, 1.54) is 5.56 Å². The maximum atomic E-state index is 6.10. The lowest BCUT2D eigenvalue weighted by Crippen LogP contribution is -2.00. The summed E-state index contributed by atoms with van der Waals surface area (Å²) in [6.45, 7) is 2.38. The van der Waals surface area contributed by atoms with Crippen molar-refractivity contribution in [3.63, 3.8) is 0 Å². The van der Waals surface area contributed by atoms with E-state index in [1.54, 1.807) is 18.2 Å². The SMILES string of the molecule is Cc1ccc(-c2nnc(CNc3c(Cl)cccc3Cl)o2)cc1. The summed E-state index contributed by atoms with van der Waals surface area (Å²) < 4.78 is 5.64. The summed E-state index contributed by atoms with van der Waals surface area (Å²) >= 11 is 12.2. The van der Waals surface area contributed by atoms with Crippen molar-refractivity contribution in [2.45, 2.75) is 13.5 Å². The quantitative estimate of drug-likeness (QED) is 0.732. The van der Waals surface area contributed by atoms with Gasteiger partial charge in [0.15, 0.2) is 0 Å². The van der Waals surface area contributed by atoms with Crippen LogP contribution in [-0.2, 0) is 6.54 Å². The van der Waals surface area contributed by atoms with Crippen LogP contribution in [0.3, 0.4) is 0 Å². The van der Waals surface area contributed by atoms with E-state index in [4.69, 9.17) is 27.6 Å². The lowest BCUT2D eigenvalue weighted by Gasteiger charge is -2.07. The third-order valence-corrected chi connectivity index (χ3v) is 3.77. The first kappa shape index (κ1) is 14.9. The van der Waals surface area contributed by atoms with Gasteiger partial charge < -0.3 is 9.73 Å². The molecule has 1 N–H and O–H groups in total. The number of nitrogens with one attached hydrogen (secondary N) is 1. The molecule has 3 rings (SSSR count). The van der Waals surface area contributed by atoms with Crippen molar-refractivity contribution in [1.29, 1.82) is 0 Å². The van der Waals surface area contributed by atoms with Crippen LogP contribution in [-0.4, -0.2) is 10.2 Å². The minimum absolute atomic E-state index is 0.350. The topological polar surface area (TPSA) is 51.0 Å². The summed E-state index contributed by atoms with van der Waals surface area (Å²) in [4.78, 5) is 0. The molecule has 0 atom stereocenters. The molecule has 0 saturated heterocycles. The van der Waals surface area contributed by atoms with Gasteiger partial charge in [0.1, 0.15) is 0 Å². The molecule has 0 fully saturated rings. The van der Waals surface area contributed by atoms with Gasteiger partial charge in [-0.15, -0.1) is 10.2 Å². The summed E-state index contributed by atoms with van der Waals surface area (Å²) in [5.74, 6) is 0.952. The molecular weight excluding hydrogens is 321 g/mol. The minimum atomic E-state index is 0.350. The van der Waals surface area contributed by atoms with Crippen molar-refractivity contribution in [2.24, 2.45) is 0 Å². The Morgan fingerprint density at radius 1 is 1.00 bits per heavy atom. The van der Waals surface area contributed by atoms with Crippen LogP contribution in [0.25, 0.3) is 11.5 Å². The van der Waals surface area contributed by atoms with Crippen LogP contribution < -0.4 is 5.32 Å². The Hall–Kier alpha value is -2.04. The third-order valence-electron chi connectivity index (χ3n) is 3.14. The van der Waals surface area contributed by atoms with E-state index in [0.717, 1.165) is 5.56 Å². The van der Waals surface area contributed by atoms with Crippen molar-refractivity contribution in [2.75, 3.05) is 5.32 Å². The Balaban J connectivity index is 1.73. The molecule has 4 nitrogen and oxygen atoms in total. The Morgan fingerprint density at radius 3 is 2.36 bits per heavy atom. The van der Waals surface area contributed by atoms with E-state index in [9.17, 15) is 0 Å². The zero-order valence-corrected chi connectivity index (χ0v) is 13.3. The Kier molecular flexibility index (Phi) is 4.32. The molecule has 0 aliphatic heterocycles. The van der Waals surface area contributed by atoms with E-state index in [-0.39, 0.29) is 0 Å². The highest BCUT2D eigenvalue weighted by Gasteiger charge is 2.10. The van der Waals surface area contributed by atoms with Gasteiger partial charge in [0.25, 0.3) is 0 Å². The van der Waals surface area contributed by atoms with E-state index in [2.05, 4.69) is 15.5 Å². The number of anilines is 1. The first-order chi connectivity index (χ1) is 10.6. The van der Waals surface area contributed by atoms with Crippen LogP contribution in [0.5, 0.6) is 0 Å². The normalized spacial score (nSPS) is 10.7. The number of para-hydroxylation sites is 1. The number of hydrogen-bond donors (Lipinski definition) is 1. The average molecular weight is 334 g/mol. The molecule has 0 bridgehead atoms. The molecule has 22 heavy (non-hydrogen) atoms. The van der Waals surface area contributed by atoms with Crippen LogP contribution >= 0.6 is 23.2 Å². The smallest absolute Gasteiger partial charge is 0.247 e. The van der Waals surface area contributed by atoms with Gasteiger partial charge >= 0.3 is 0 Å². The number of halogens is 2. The van der Waals surface area contributed by atoms with E-state index in [1.807, 2.05) is 31.2 Å². The van der Waals surface area contributed by atoms with E-state index >= 15 is 0 Å². The van der Waals surface area contributed by atoms with Crippen LogP contribution in [0.4, 0.5) is 5.69 Å². The maximum Gasteiger partial charge on any atom is 0.247 e. The predicted molar refractivity (Wildman–Crippen MR) is 88.3 cm³/mol. The molecule has 112 valence electrons. The Labute approximate surface area is 138 Å². The van der Waals surface area contributed by atoms with Crippen molar-refractivity contribution in [3.8, 4) is 11.5 Å². The number of nitrogens with zero attached hydrogens (tertiary/aromatic N) is 2.